The molecule has 0 fully saturated rings. The molecule has 0 aliphatic heterocycles. The fourth-order valence-corrected chi connectivity index (χ4v) is 1.69. The third-order valence-electron chi connectivity index (χ3n) is 2.35. The second-order valence-electron chi connectivity index (χ2n) is 3.36. The van der Waals surface area contributed by atoms with Crippen LogP contribution in [0, 0.1) is 0 Å². The van der Waals surface area contributed by atoms with E-state index < -0.39 is 0 Å². The summed E-state index contributed by atoms with van der Waals surface area (Å²) in [5.41, 5.74) is 3.33. The molecule has 78 valence electrons. The van der Waals surface area contributed by atoms with Crippen molar-refractivity contribution >= 4 is 15.9 Å². The summed E-state index contributed by atoms with van der Waals surface area (Å²) in [6.07, 6.45) is 1.06. The Morgan fingerprint density at radius 1 is 1.27 bits per heavy atom. The van der Waals surface area contributed by atoms with Crippen LogP contribution in [0.25, 0.3) is 11.3 Å². The number of rotatable bonds is 3. The number of aryl methyl sites for hydroxylation is 1. The van der Waals surface area contributed by atoms with Crippen LogP contribution < -0.4 is 0 Å². The molecule has 2 aromatic rings. The highest BCUT2D eigenvalue weighted by atomic mass is 79.9. The van der Waals surface area contributed by atoms with Crippen molar-refractivity contribution in [1.29, 1.82) is 0 Å². The van der Waals surface area contributed by atoms with E-state index in [2.05, 4.69) is 52.3 Å². The Kier molecular flexibility index (Phi) is 3.21. The molecule has 0 bridgehead atoms. The number of hydrogen-bond acceptors (Lipinski definition) is 2. The molecule has 3 heteroatoms. The van der Waals surface area contributed by atoms with Gasteiger partial charge in [0.25, 0.3) is 0 Å². The predicted octanol–water partition coefficient (Wildman–Crippen LogP) is 3.80. The van der Waals surface area contributed by atoms with Gasteiger partial charge in [0.2, 0.25) is 0 Å². The normalized spacial score (nSPS) is 10.5. The predicted molar refractivity (Wildman–Crippen MR) is 63.9 cm³/mol. The third kappa shape index (κ3) is 2.29. The standard InChI is InChI=1S/C12H12BrNO/c1-2-9-3-5-10(6-4-9)12-7-11(8-13)15-14-12/h3-7H,2,8H2,1H3. The Morgan fingerprint density at radius 2 is 2.00 bits per heavy atom. The van der Waals surface area contributed by atoms with E-state index in [9.17, 15) is 0 Å². The lowest BCUT2D eigenvalue weighted by atomic mass is 10.1. The van der Waals surface area contributed by atoms with Gasteiger partial charge in [0.1, 0.15) is 11.5 Å². The van der Waals surface area contributed by atoms with Crippen LogP contribution in [0.4, 0.5) is 0 Å². The van der Waals surface area contributed by atoms with Crippen molar-refractivity contribution in [2.24, 2.45) is 0 Å². The summed E-state index contributed by atoms with van der Waals surface area (Å²) in [5, 5.41) is 4.71. The molecule has 1 aromatic carbocycles. The van der Waals surface area contributed by atoms with Gasteiger partial charge in [-0.1, -0.05) is 52.3 Å². The molecule has 0 saturated heterocycles. The van der Waals surface area contributed by atoms with Crippen LogP contribution in [-0.4, -0.2) is 5.16 Å². The highest BCUT2D eigenvalue weighted by molar-refractivity contribution is 9.08. The van der Waals surface area contributed by atoms with Gasteiger partial charge >= 0.3 is 0 Å². The Labute approximate surface area is 97.4 Å². The first-order valence-corrected chi connectivity index (χ1v) is 6.06. The molecule has 2 nitrogen and oxygen atoms in total. The Hall–Kier alpha value is -1.09. The molecule has 0 radical (unpaired) electrons. The zero-order valence-corrected chi connectivity index (χ0v) is 10.1. The monoisotopic (exact) mass is 265 g/mol. The van der Waals surface area contributed by atoms with E-state index in [1.807, 2.05) is 6.07 Å². The lowest BCUT2D eigenvalue weighted by Gasteiger charge is -1.97. The number of hydrogen-bond donors (Lipinski definition) is 0. The van der Waals surface area contributed by atoms with Gasteiger partial charge in [-0.2, -0.15) is 0 Å². The van der Waals surface area contributed by atoms with Crippen LogP contribution in [0.2, 0.25) is 0 Å². The van der Waals surface area contributed by atoms with Crippen molar-refractivity contribution in [2.45, 2.75) is 18.7 Å². The highest BCUT2D eigenvalue weighted by Gasteiger charge is 2.04. The number of alkyl halides is 1. The van der Waals surface area contributed by atoms with Crippen LogP contribution in [0.15, 0.2) is 34.9 Å². The maximum atomic E-state index is 5.13. The fraction of sp³-hybridized carbons (Fsp3) is 0.250. The molecular weight excluding hydrogens is 254 g/mol. The van der Waals surface area contributed by atoms with E-state index in [-0.39, 0.29) is 0 Å². The smallest absolute Gasteiger partial charge is 0.147 e. The van der Waals surface area contributed by atoms with Crippen LogP contribution in [-0.2, 0) is 11.8 Å². The Bertz CT molecular complexity index is 433. The van der Waals surface area contributed by atoms with Crippen LogP contribution >= 0.6 is 15.9 Å². The minimum absolute atomic E-state index is 0.701. The molecule has 0 aliphatic rings. The number of nitrogens with zero attached hydrogens (tertiary/aromatic N) is 1. The second-order valence-corrected chi connectivity index (χ2v) is 3.92. The largest absolute Gasteiger partial charge is 0.360 e. The molecule has 15 heavy (non-hydrogen) atoms. The minimum atomic E-state index is 0.701. The maximum absolute atomic E-state index is 5.13. The zero-order chi connectivity index (χ0) is 10.7. The lowest BCUT2D eigenvalue weighted by molar-refractivity contribution is 0.398. The van der Waals surface area contributed by atoms with Crippen molar-refractivity contribution in [3.05, 3.63) is 41.7 Å². The first-order valence-electron chi connectivity index (χ1n) is 4.94. The summed E-state index contributed by atoms with van der Waals surface area (Å²) < 4.78 is 5.13. The van der Waals surface area contributed by atoms with Crippen molar-refractivity contribution in [1.82, 2.24) is 5.16 Å². The van der Waals surface area contributed by atoms with Crippen molar-refractivity contribution in [3.8, 4) is 11.3 Å². The lowest BCUT2D eigenvalue weighted by Crippen LogP contribution is -1.80. The maximum Gasteiger partial charge on any atom is 0.147 e. The zero-order valence-electron chi connectivity index (χ0n) is 8.53. The van der Waals surface area contributed by atoms with Crippen LogP contribution in [0.5, 0.6) is 0 Å². The van der Waals surface area contributed by atoms with Gasteiger partial charge in [-0.25, -0.2) is 0 Å². The summed E-state index contributed by atoms with van der Waals surface area (Å²) in [6, 6.07) is 10.4. The summed E-state index contributed by atoms with van der Waals surface area (Å²) >= 11 is 3.33. The molecule has 0 unspecified atom stereocenters. The molecule has 2 rings (SSSR count). The van der Waals surface area contributed by atoms with Crippen LogP contribution in [0.3, 0.4) is 0 Å². The van der Waals surface area contributed by atoms with Crippen molar-refractivity contribution in [3.63, 3.8) is 0 Å². The summed E-state index contributed by atoms with van der Waals surface area (Å²) in [6.45, 7) is 2.15. The Balaban J connectivity index is 2.28. The minimum Gasteiger partial charge on any atom is -0.360 e. The van der Waals surface area contributed by atoms with Gasteiger partial charge in [0, 0.05) is 11.6 Å². The third-order valence-corrected chi connectivity index (χ3v) is 2.90. The average Bonchev–Trinajstić information content (AvgIpc) is 2.78. The van der Waals surface area contributed by atoms with E-state index in [1.54, 1.807) is 0 Å². The second kappa shape index (κ2) is 4.62. The van der Waals surface area contributed by atoms with Gasteiger partial charge < -0.3 is 4.52 Å². The SMILES string of the molecule is CCc1ccc(-c2cc(CBr)on2)cc1. The highest BCUT2D eigenvalue weighted by Crippen LogP contribution is 2.20. The average molecular weight is 266 g/mol. The van der Waals surface area contributed by atoms with E-state index in [4.69, 9.17) is 4.52 Å². The van der Waals surface area contributed by atoms with Crippen LogP contribution in [0.1, 0.15) is 18.2 Å². The van der Waals surface area contributed by atoms with Crippen molar-refractivity contribution in [2.75, 3.05) is 0 Å². The number of aromatic nitrogens is 1. The van der Waals surface area contributed by atoms with Gasteiger partial charge in [-0.05, 0) is 12.0 Å². The van der Waals surface area contributed by atoms with E-state index in [1.165, 1.54) is 5.56 Å². The quantitative estimate of drug-likeness (QED) is 0.790. The molecule has 0 amide bonds. The molecule has 0 N–H and O–H groups in total. The molecule has 1 aromatic heterocycles. The first kappa shape index (κ1) is 10.4. The summed E-state index contributed by atoms with van der Waals surface area (Å²) in [7, 11) is 0. The molecule has 0 aliphatic carbocycles. The van der Waals surface area contributed by atoms with E-state index >= 15 is 0 Å². The summed E-state index contributed by atoms with van der Waals surface area (Å²) in [5.74, 6) is 0.851. The van der Waals surface area contributed by atoms with E-state index in [0.29, 0.717) is 5.33 Å². The number of benzene rings is 1. The van der Waals surface area contributed by atoms with Gasteiger partial charge in [0.05, 0.1) is 5.33 Å². The van der Waals surface area contributed by atoms with E-state index in [0.717, 1.165) is 23.4 Å². The summed E-state index contributed by atoms with van der Waals surface area (Å²) in [4.78, 5) is 0. The van der Waals surface area contributed by atoms with Gasteiger partial charge in [-0.3, -0.25) is 0 Å². The van der Waals surface area contributed by atoms with Gasteiger partial charge in [-0.15, -0.1) is 0 Å². The number of halogens is 1. The molecule has 0 spiro atoms. The molecular formula is C12H12BrNO. The molecule has 1 heterocycles. The van der Waals surface area contributed by atoms with Crippen molar-refractivity contribution < 1.29 is 4.52 Å². The first-order chi connectivity index (χ1) is 7.33. The Morgan fingerprint density at radius 3 is 2.53 bits per heavy atom. The van der Waals surface area contributed by atoms with Gasteiger partial charge in [0.15, 0.2) is 0 Å². The molecule has 0 saturated carbocycles. The fourth-order valence-electron chi connectivity index (χ4n) is 1.42. The topological polar surface area (TPSA) is 26.0 Å². The molecule has 0 atom stereocenters.